The zero-order valence-corrected chi connectivity index (χ0v) is 14.4. The van der Waals surface area contributed by atoms with Crippen molar-refractivity contribution >= 4 is 22.5 Å². The molecule has 0 aliphatic rings. The van der Waals surface area contributed by atoms with E-state index in [4.69, 9.17) is 0 Å². The predicted molar refractivity (Wildman–Crippen MR) is 99.2 cm³/mol. The molecule has 0 aliphatic heterocycles. The number of benzene rings is 2. The number of amides is 1. The van der Waals surface area contributed by atoms with Crippen molar-refractivity contribution < 1.29 is 9.18 Å². The van der Waals surface area contributed by atoms with Crippen LogP contribution in [-0.4, -0.2) is 20.7 Å². The fourth-order valence-electron chi connectivity index (χ4n) is 3.26. The summed E-state index contributed by atoms with van der Waals surface area (Å²) in [6.45, 7) is 3.66. The van der Waals surface area contributed by atoms with E-state index in [1.165, 1.54) is 6.07 Å². The van der Waals surface area contributed by atoms with Crippen LogP contribution in [0.2, 0.25) is 0 Å². The van der Waals surface area contributed by atoms with Gasteiger partial charge in [0.25, 0.3) is 5.91 Å². The Morgan fingerprint density at radius 3 is 2.77 bits per heavy atom. The molecule has 4 rings (SSSR count). The summed E-state index contributed by atoms with van der Waals surface area (Å²) in [6, 6.07) is 13.9. The SMILES string of the molecule is Cc1cc(C(=O)Nc2cccc3cn[nH]c23)c(C)n1-c1ccccc1F. The zero-order chi connectivity index (χ0) is 18.3. The average Bonchev–Trinajstić information content (AvgIpc) is 3.21. The molecule has 0 aliphatic carbocycles. The van der Waals surface area contributed by atoms with E-state index in [1.54, 1.807) is 35.0 Å². The molecular weight excluding hydrogens is 331 g/mol. The molecule has 0 fully saturated rings. The third-order valence-corrected chi connectivity index (χ3v) is 4.49. The lowest BCUT2D eigenvalue weighted by Gasteiger charge is -2.11. The third-order valence-electron chi connectivity index (χ3n) is 4.49. The molecule has 0 atom stereocenters. The Labute approximate surface area is 149 Å². The Hall–Kier alpha value is -3.41. The van der Waals surface area contributed by atoms with Crippen LogP contribution in [0.4, 0.5) is 10.1 Å². The van der Waals surface area contributed by atoms with Gasteiger partial charge in [-0.25, -0.2) is 4.39 Å². The highest BCUT2D eigenvalue weighted by Crippen LogP contribution is 2.25. The highest BCUT2D eigenvalue weighted by molar-refractivity contribution is 6.09. The molecule has 1 amide bonds. The molecule has 2 heterocycles. The Morgan fingerprint density at radius 2 is 1.96 bits per heavy atom. The second kappa shape index (κ2) is 6.15. The van der Waals surface area contributed by atoms with Gasteiger partial charge in [-0.1, -0.05) is 24.3 Å². The molecule has 4 aromatic rings. The Bertz CT molecular complexity index is 1130. The minimum atomic E-state index is -0.330. The second-order valence-corrected chi connectivity index (χ2v) is 6.17. The molecule has 2 aromatic heterocycles. The van der Waals surface area contributed by atoms with Gasteiger partial charge in [-0.3, -0.25) is 9.89 Å². The monoisotopic (exact) mass is 348 g/mol. The summed E-state index contributed by atoms with van der Waals surface area (Å²) in [5.41, 5.74) is 3.82. The number of halogens is 1. The van der Waals surface area contributed by atoms with Gasteiger partial charge < -0.3 is 9.88 Å². The van der Waals surface area contributed by atoms with Gasteiger partial charge >= 0.3 is 0 Å². The van der Waals surface area contributed by atoms with Crippen LogP contribution in [0.3, 0.4) is 0 Å². The number of fused-ring (bicyclic) bond motifs is 1. The standard InChI is InChI=1S/C20H17FN4O/c1-12-10-15(13(2)25(12)18-9-4-3-7-16(18)21)20(26)23-17-8-5-6-14-11-22-24-19(14)17/h3-11H,1-2H3,(H,22,24)(H,23,26). The number of para-hydroxylation sites is 2. The first-order valence-corrected chi connectivity index (χ1v) is 8.23. The maximum atomic E-state index is 14.2. The number of H-pyrrole nitrogens is 1. The lowest BCUT2D eigenvalue weighted by Crippen LogP contribution is -2.13. The van der Waals surface area contributed by atoms with Crippen molar-refractivity contribution in [3.8, 4) is 5.69 Å². The smallest absolute Gasteiger partial charge is 0.257 e. The summed E-state index contributed by atoms with van der Waals surface area (Å²) >= 11 is 0. The van der Waals surface area contributed by atoms with E-state index < -0.39 is 0 Å². The molecule has 0 spiro atoms. The van der Waals surface area contributed by atoms with Crippen molar-refractivity contribution in [2.45, 2.75) is 13.8 Å². The van der Waals surface area contributed by atoms with E-state index in [2.05, 4.69) is 15.5 Å². The summed E-state index contributed by atoms with van der Waals surface area (Å²) < 4.78 is 16.0. The van der Waals surface area contributed by atoms with Crippen LogP contribution in [0, 0.1) is 19.7 Å². The molecular formula is C20H17FN4O. The first-order valence-electron chi connectivity index (χ1n) is 8.23. The van der Waals surface area contributed by atoms with Gasteiger partial charge in [0.15, 0.2) is 0 Å². The molecule has 2 aromatic carbocycles. The molecule has 0 unspecified atom stereocenters. The Kier molecular flexibility index (Phi) is 3.80. The van der Waals surface area contributed by atoms with E-state index in [0.717, 1.165) is 16.6 Å². The Morgan fingerprint density at radius 1 is 1.15 bits per heavy atom. The topological polar surface area (TPSA) is 62.7 Å². The minimum Gasteiger partial charge on any atom is -0.320 e. The van der Waals surface area contributed by atoms with Crippen molar-refractivity contribution in [2.24, 2.45) is 0 Å². The fraction of sp³-hybridized carbons (Fsp3) is 0.100. The van der Waals surface area contributed by atoms with Crippen LogP contribution in [0.25, 0.3) is 16.6 Å². The predicted octanol–water partition coefficient (Wildman–Crippen LogP) is 4.36. The van der Waals surface area contributed by atoms with E-state index in [-0.39, 0.29) is 11.7 Å². The molecule has 2 N–H and O–H groups in total. The maximum Gasteiger partial charge on any atom is 0.257 e. The summed E-state index contributed by atoms with van der Waals surface area (Å²) in [6.07, 6.45) is 1.70. The van der Waals surface area contributed by atoms with E-state index in [9.17, 15) is 9.18 Å². The summed E-state index contributed by atoms with van der Waals surface area (Å²) in [5, 5.41) is 10.7. The number of anilines is 1. The third kappa shape index (κ3) is 2.56. The number of rotatable bonds is 3. The molecule has 26 heavy (non-hydrogen) atoms. The molecule has 130 valence electrons. The molecule has 6 heteroatoms. The van der Waals surface area contributed by atoms with Gasteiger partial charge in [-0.05, 0) is 38.1 Å². The second-order valence-electron chi connectivity index (χ2n) is 6.17. The number of nitrogens with zero attached hydrogens (tertiary/aromatic N) is 2. The van der Waals surface area contributed by atoms with Crippen molar-refractivity contribution in [3.05, 3.63) is 77.5 Å². The van der Waals surface area contributed by atoms with Gasteiger partial charge in [0, 0.05) is 16.8 Å². The maximum absolute atomic E-state index is 14.2. The summed E-state index contributed by atoms with van der Waals surface area (Å²) in [4.78, 5) is 12.8. The first kappa shape index (κ1) is 16.1. The van der Waals surface area contributed by atoms with Crippen LogP contribution >= 0.6 is 0 Å². The van der Waals surface area contributed by atoms with Crippen molar-refractivity contribution in [3.63, 3.8) is 0 Å². The number of hydrogen-bond acceptors (Lipinski definition) is 2. The van der Waals surface area contributed by atoms with Crippen LogP contribution in [-0.2, 0) is 0 Å². The highest BCUT2D eigenvalue weighted by atomic mass is 19.1. The van der Waals surface area contributed by atoms with Crippen molar-refractivity contribution in [1.29, 1.82) is 0 Å². The number of carbonyl (C=O) groups is 1. The van der Waals surface area contributed by atoms with Crippen LogP contribution in [0.1, 0.15) is 21.7 Å². The van der Waals surface area contributed by atoms with Gasteiger partial charge in [-0.2, -0.15) is 5.10 Å². The lowest BCUT2D eigenvalue weighted by atomic mass is 10.2. The van der Waals surface area contributed by atoms with Gasteiger partial charge in [0.1, 0.15) is 5.82 Å². The summed E-state index contributed by atoms with van der Waals surface area (Å²) in [5.74, 6) is -0.578. The van der Waals surface area contributed by atoms with Crippen LogP contribution in [0.5, 0.6) is 0 Å². The number of aromatic amines is 1. The largest absolute Gasteiger partial charge is 0.320 e. The molecule has 0 bridgehead atoms. The lowest BCUT2D eigenvalue weighted by molar-refractivity contribution is 0.102. The van der Waals surface area contributed by atoms with Crippen LogP contribution in [0.15, 0.2) is 54.7 Å². The van der Waals surface area contributed by atoms with Crippen molar-refractivity contribution in [2.75, 3.05) is 5.32 Å². The van der Waals surface area contributed by atoms with Crippen LogP contribution < -0.4 is 5.32 Å². The number of carbonyl (C=O) groups excluding carboxylic acids is 1. The number of aryl methyl sites for hydroxylation is 1. The average molecular weight is 348 g/mol. The first-order chi connectivity index (χ1) is 12.6. The van der Waals surface area contributed by atoms with E-state index in [0.29, 0.717) is 22.6 Å². The van der Waals surface area contributed by atoms with E-state index in [1.807, 2.05) is 32.0 Å². The van der Waals surface area contributed by atoms with E-state index >= 15 is 0 Å². The normalized spacial score (nSPS) is 11.0. The molecule has 0 radical (unpaired) electrons. The molecule has 0 saturated heterocycles. The fourth-order valence-corrected chi connectivity index (χ4v) is 3.26. The number of nitrogens with one attached hydrogen (secondary N) is 2. The molecule has 5 nitrogen and oxygen atoms in total. The Balaban J connectivity index is 1.73. The quantitative estimate of drug-likeness (QED) is 0.578. The number of aromatic nitrogens is 3. The van der Waals surface area contributed by atoms with Gasteiger partial charge in [0.05, 0.1) is 28.7 Å². The summed E-state index contributed by atoms with van der Waals surface area (Å²) in [7, 11) is 0. The zero-order valence-electron chi connectivity index (χ0n) is 14.4. The number of hydrogen-bond donors (Lipinski definition) is 2. The van der Waals surface area contributed by atoms with Gasteiger partial charge in [-0.15, -0.1) is 0 Å². The molecule has 0 saturated carbocycles. The highest BCUT2D eigenvalue weighted by Gasteiger charge is 2.19. The van der Waals surface area contributed by atoms with Crippen molar-refractivity contribution in [1.82, 2.24) is 14.8 Å². The minimum absolute atomic E-state index is 0.247. The van der Waals surface area contributed by atoms with Gasteiger partial charge in [0.2, 0.25) is 0 Å².